The Morgan fingerprint density at radius 1 is 1.24 bits per heavy atom. The molecule has 3 N–H and O–H groups in total. The van der Waals surface area contributed by atoms with E-state index < -0.39 is 0 Å². The van der Waals surface area contributed by atoms with Crippen LogP contribution in [-0.2, 0) is 16.0 Å². The number of allylic oxidation sites excluding steroid dienone is 3. The molecule has 0 atom stereocenters. The van der Waals surface area contributed by atoms with Crippen LogP contribution in [-0.4, -0.2) is 27.9 Å². The molecule has 0 amide bonds. The number of unbranched alkanes of at least 4 members (excludes halogenated alkanes) is 1. The average molecular weight is 344 g/mol. The molecular weight excluding hydrogens is 320 g/mol. The molecule has 0 saturated carbocycles. The van der Waals surface area contributed by atoms with Gasteiger partial charge in [0.05, 0.1) is 5.57 Å². The van der Waals surface area contributed by atoms with Crippen molar-refractivity contribution in [3.8, 4) is 11.5 Å². The minimum Gasteiger partial charge on any atom is -0.504 e. The van der Waals surface area contributed by atoms with Crippen LogP contribution in [0.3, 0.4) is 0 Å². The Morgan fingerprint density at radius 2 is 2.04 bits per heavy atom. The standard InChI is InChI=1S/C12H14O2.C8H10O3/c1-2-3-8-11-9-6-4-5-7-10(9)12(13)14-11;9-4-3-6-1-2-7(10)8(11)5-6/h5,7-8H,2-4,6H2,1H3;1-2,5,9-11H,3-4H2/b11-8-;. The van der Waals surface area contributed by atoms with Gasteiger partial charge in [0, 0.05) is 12.2 Å². The van der Waals surface area contributed by atoms with E-state index in [1.54, 1.807) is 6.07 Å². The van der Waals surface area contributed by atoms with Gasteiger partial charge in [0.25, 0.3) is 0 Å². The Hall–Kier alpha value is -2.53. The van der Waals surface area contributed by atoms with Gasteiger partial charge in [-0.15, -0.1) is 0 Å². The zero-order valence-electron chi connectivity index (χ0n) is 14.4. The Labute approximate surface area is 147 Å². The maximum atomic E-state index is 11.4. The van der Waals surface area contributed by atoms with Crippen LogP contribution in [0.1, 0.15) is 38.2 Å². The van der Waals surface area contributed by atoms with Crippen LogP contribution < -0.4 is 0 Å². The number of hydrogen-bond acceptors (Lipinski definition) is 5. The Bertz CT molecular complexity index is 713. The molecule has 0 unspecified atom stereocenters. The monoisotopic (exact) mass is 344 g/mol. The Balaban J connectivity index is 0.000000186. The number of esters is 1. The van der Waals surface area contributed by atoms with E-state index in [0.717, 1.165) is 48.2 Å². The van der Waals surface area contributed by atoms with Gasteiger partial charge in [0.15, 0.2) is 11.5 Å². The Morgan fingerprint density at radius 3 is 2.72 bits per heavy atom. The predicted molar refractivity (Wildman–Crippen MR) is 95.0 cm³/mol. The zero-order valence-corrected chi connectivity index (χ0v) is 14.4. The summed E-state index contributed by atoms with van der Waals surface area (Å²) in [6.07, 6.45) is 10.4. The summed E-state index contributed by atoms with van der Waals surface area (Å²) in [6.45, 7) is 2.16. The van der Waals surface area contributed by atoms with E-state index in [2.05, 4.69) is 6.92 Å². The van der Waals surface area contributed by atoms with E-state index in [1.165, 1.54) is 12.1 Å². The van der Waals surface area contributed by atoms with E-state index in [-0.39, 0.29) is 24.1 Å². The number of cyclic esters (lactones) is 1. The van der Waals surface area contributed by atoms with Crippen LogP contribution in [0.15, 0.2) is 53.3 Å². The van der Waals surface area contributed by atoms with Gasteiger partial charge < -0.3 is 20.1 Å². The first kappa shape index (κ1) is 18.8. The average Bonchev–Trinajstić information content (AvgIpc) is 2.94. The number of carbonyl (C=O) groups is 1. The van der Waals surface area contributed by atoms with Gasteiger partial charge in [-0.2, -0.15) is 0 Å². The summed E-state index contributed by atoms with van der Waals surface area (Å²) in [5.74, 6) is 0.345. The second-order valence-electron chi connectivity index (χ2n) is 5.88. The fourth-order valence-corrected chi connectivity index (χ4v) is 2.62. The number of hydrogen-bond donors (Lipinski definition) is 3. The molecule has 1 aliphatic carbocycles. The molecule has 0 bridgehead atoms. The second kappa shape index (κ2) is 9.08. The predicted octanol–water partition coefficient (Wildman–Crippen LogP) is 3.51. The number of ether oxygens (including phenoxy) is 1. The number of aliphatic hydroxyl groups is 1. The fourth-order valence-electron chi connectivity index (χ4n) is 2.62. The smallest absolute Gasteiger partial charge is 0.343 e. The van der Waals surface area contributed by atoms with Gasteiger partial charge in [-0.25, -0.2) is 4.79 Å². The molecule has 5 nitrogen and oxygen atoms in total. The highest BCUT2D eigenvalue weighted by Gasteiger charge is 2.28. The zero-order chi connectivity index (χ0) is 18.2. The number of phenols is 2. The van der Waals surface area contributed by atoms with Crippen molar-refractivity contribution in [2.45, 2.75) is 39.0 Å². The SMILES string of the molecule is CCC/C=C1\OC(=O)C2=C1CCC=C2.OCCc1ccc(O)c(O)c1. The molecule has 0 aromatic heterocycles. The number of aliphatic hydroxyl groups excluding tert-OH is 1. The summed E-state index contributed by atoms with van der Waals surface area (Å²) in [7, 11) is 0. The molecule has 1 heterocycles. The molecule has 0 saturated heterocycles. The van der Waals surface area contributed by atoms with Gasteiger partial charge in [0.1, 0.15) is 5.76 Å². The molecule has 134 valence electrons. The minimum atomic E-state index is -0.182. The van der Waals surface area contributed by atoms with Gasteiger partial charge in [-0.05, 0) is 49.5 Å². The van der Waals surface area contributed by atoms with Crippen LogP contribution in [0, 0.1) is 0 Å². The number of carbonyl (C=O) groups excluding carboxylic acids is 1. The molecule has 0 fully saturated rings. The summed E-state index contributed by atoms with van der Waals surface area (Å²) in [4.78, 5) is 11.4. The molecule has 2 aliphatic rings. The third-order valence-electron chi connectivity index (χ3n) is 3.95. The van der Waals surface area contributed by atoms with Crippen molar-refractivity contribution in [3.05, 3.63) is 58.9 Å². The summed E-state index contributed by atoms with van der Waals surface area (Å²) in [5.41, 5.74) is 2.67. The quantitative estimate of drug-likeness (QED) is 0.575. The Kier molecular flexibility index (Phi) is 6.83. The molecule has 1 aromatic carbocycles. The lowest BCUT2D eigenvalue weighted by Crippen LogP contribution is -1.97. The first-order valence-electron chi connectivity index (χ1n) is 8.51. The van der Waals surface area contributed by atoms with E-state index >= 15 is 0 Å². The van der Waals surface area contributed by atoms with Gasteiger partial charge in [-0.3, -0.25) is 0 Å². The minimum absolute atomic E-state index is 0.0458. The van der Waals surface area contributed by atoms with E-state index in [9.17, 15) is 4.79 Å². The lowest BCUT2D eigenvalue weighted by atomic mass is 9.97. The summed E-state index contributed by atoms with van der Waals surface area (Å²) < 4.78 is 5.21. The van der Waals surface area contributed by atoms with E-state index in [1.807, 2.05) is 18.2 Å². The van der Waals surface area contributed by atoms with Crippen LogP contribution in [0.2, 0.25) is 0 Å². The van der Waals surface area contributed by atoms with Crippen molar-refractivity contribution in [1.29, 1.82) is 0 Å². The van der Waals surface area contributed by atoms with Gasteiger partial charge in [0.2, 0.25) is 0 Å². The lowest BCUT2D eigenvalue weighted by Gasteiger charge is -2.05. The number of benzene rings is 1. The largest absolute Gasteiger partial charge is 0.504 e. The fraction of sp³-hybridized carbons (Fsp3) is 0.350. The van der Waals surface area contributed by atoms with Crippen LogP contribution in [0.5, 0.6) is 11.5 Å². The van der Waals surface area contributed by atoms with E-state index in [0.29, 0.717) is 6.42 Å². The van der Waals surface area contributed by atoms with Crippen LogP contribution in [0.25, 0.3) is 0 Å². The first-order chi connectivity index (χ1) is 12.1. The molecule has 1 aromatic rings. The number of rotatable bonds is 4. The third kappa shape index (κ3) is 4.97. The summed E-state index contributed by atoms with van der Waals surface area (Å²) >= 11 is 0. The number of phenolic OH excluding ortho intramolecular Hbond substituents is 2. The first-order valence-corrected chi connectivity index (χ1v) is 8.51. The summed E-state index contributed by atoms with van der Waals surface area (Å²) in [5, 5.41) is 26.4. The van der Waals surface area contributed by atoms with Gasteiger partial charge >= 0.3 is 5.97 Å². The molecule has 3 rings (SSSR count). The van der Waals surface area contributed by atoms with Crippen molar-refractivity contribution in [2.24, 2.45) is 0 Å². The van der Waals surface area contributed by atoms with Crippen molar-refractivity contribution in [1.82, 2.24) is 0 Å². The van der Waals surface area contributed by atoms with E-state index in [4.69, 9.17) is 20.1 Å². The topological polar surface area (TPSA) is 87.0 Å². The number of aromatic hydroxyl groups is 2. The normalized spacial score (nSPS) is 17.2. The van der Waals surface area contributed by atoms with Crippen LogP contribution in [0.4, 0.5) is 0 Å². The summed E-state index contributed by atoms with van der Waals surface area (Å²) in [6, 6.07) is 4.50. The molecular formula is C20H24O5. The molecule has 1 aliphatic heterocycles. The van der Waals surface area contributed by atoms with Crippen molar-refractivity contribution in [3.63, 3.8) is 0 Å². The molecule has 0 radical (unpaired) electrons. The van der Waals surface area contributed by atoms with Crippen molar-refractivity contribution >= 4 is 5.97 Å². The molecule has 25 heavy (non-hydrogen) atoms. The highest BCUT2D eigenvalue weighted by molar-refractivity contribution is 5.97. The molecule has 0 spiro atoms. The van der Waals surface area contributed by atoms with Crippen molar-refractivity contribution < 1.29 is 24.9 Å². The van der Waals surface area contributed by atoms with Crippen LogP contribution >= 0.6 is 0 Å². The maximum Gasteiger partial charge on any atom is 0.343 e. The van der Waals surface area contributed by atoms with Crippen molar-refractivity contribution in [2.75, 3.05) is 6.61 Å². The lowest BCUT2D eigenvalue weighted by molar-refractivity contribution is -0.132. The highest BCUT2D eigenvalue weighted by atomic mass is 16.5. The third-order valence-corrected chi connectivity index (χ3v) is 3.95. The van der Waals surface area contributed by atoms with Gasteiger partial charge in [-0.1, -0.05) is 31.6 Å². The molecule has 5 heteroatoms. The maximum absolute atomic E-state index is 11.4. The second-order valence-corrected chi connectivity index (χ2v) is 5.88. The highest BCUT2D eigenvalue weighted by Crippen LogP contribution is 2.33.